The van der Waals surface area contributed by atoms with Crippen LogP contribution in [0.3, 0.4) is 0 Å². The lowest BCUT2D eigenvalue weighted by Crippen LogP contribution is -2.17. The maximum Gasteiger partial charge on any atom is 0.0236 e. The molecule has 0 saturated carbocycles. The third kappa shape index (κ3) is 3.91. The van der Waals surface area contributed by atoms with Crippen molar-refractivity contribution < 1.29 is 0 Å². The predicted molar refractivity (Wildman–Crippen MR) is 80.7 cm³/mol. The van der Waals surface area contributed by atoms with Gasteiger partial charge in [-0.3, -0.25) is 4.90 Å². The molecule has 2 nitrogen and oxygen atoms in total. The summed E-state index contributed by atoms with van der Waals surface area (Å²) < 4.78 is 0. The van der Waals surface area contributed by atoms with Crippen molar-refractivity contribution in [3.8, 4) is 0 Å². The van der Waals surface area contributed by atoms with Crippen molar-refractivity contribution in [2.75, 3.05) is 7.05 Å². The van der Waals surface area contributed by atoms with E-state index >= 15 is 0 Å². The lowest BCUT2D eigenvalue weighted by Gasteiger charge is -2.18. The Morgan fingerprint density at radius 2 is 1.53 bits per heavy atom. The fourth-order valence-electron chi connectivity index (χ4n) is 2.23. The molecule has 2 N–H and O–H groups in total. The van der Waals surface area contributed by atoms with Crippen molar-refractivity contribution in [2.24, 2.45) is 5.73 Å². The van der Waals surface area contributed by atoms with Gasteiger partial charge in [-0.15, -0.1) is 0 Å². The molecule has 0 aromatic heterocycles. The first-order valence-corrected chi connectivity index (χ1v) is 6.70. The van der Waals surface area contributed by atoms with Gasteiger partial charge in [0.25, 0.3) is 0 Å². The lowest BCUT2D eigenvalue weighted by atomic mass is 10.1. The number of aryl methyl sites for hydroxylation is 1. The minimum atomic E-state index is 0.610. The number of rotatable bonds is 5. The molecule has 0 spiro atoms. The van der Waals surface area contributed by atoms with Crippen molar-refractivity contribution in [1.29, 1.82) is 0 Å². The van der Waals surface area contributed by atoms with Gasteiger partial charge in [-0.1, -0.05) is 48.5 Å². The van der Waals surface area contributed by atoms with Crippen LogP contribution in [0.25, 0.3) is 0 Å². The molecular weight excluding hydrogens is 232 g/mol. The summed E-state index contributed by atoms with van der Waals surface area (Å²) >= 11 is 0. The highest BCUT2D eigenvalue weighted by Crippen LogP contribution is 2.12. The molecule has 0 atom stereocenters. The Morgan fingerprint density at radius 1 is 0.895 bits per heavy atom. The van der Waals surface area contributed by atoms with Gasteiger partial charge in [-0.25, -0.2) is 0 Å². The van der Waals surface area contributed by atoms with Gasteiger partial charge in [0.15, 0.2) is 0 Å². The number of hydrogen-bond donors (Lipinski definition) is 1. The zero-order valence-corrected chi connectivity index (χ0v) is 11.8. The number of nitrogens with zero attached hydrogens (tertiary/aromatic N) is 1. The van der Waals surface area contributed by atoms with Gasteiger partial charge >= 0.3 is 0 Å². The normalized spacial score (nSPS) is 10.9. The summed E-state index contributed by atoms with van der Waals surface area (Å²) in [6, 6.07) is 17.1. The Morgan fingerprint density at radius 3 is 2.16 bits per heavy atom. The molecule has 0 unspecified atom stereocenters. The van der Waals surface area contributed by atoms with Crippen LogP contribution in [0.4, 0.5) is 0 Å². The molecule has 0 aliphatic heterocycles. The molecule has 0 aliphatic rings. The van der Waals surface area contributed by atoms with E-state index in [0.717, 1.165) is 13.1 Å². The summed E-state index contributed by atoms with van der Waals surface area (Å²) in [7, 11) is 2.16. The summed E-state index contributed by atoms with van der Waals surface area (Å²) in [6.45, 7) is 4.71. The van der Waals surface area contributed by atoms with E-state index in [-0.39, 0.29) is 0 Å². The number of benzene rings is 2. The summed E-state index contributed by atoms with van der Waals surface area (Å²) in [4.78, 5) is 2.33. The molecule has 0 fully saturated rings. The molecule has 0 radical (unpaired) electrons. The standard InChI is InChI=1S/C17H22N2/c1-14-5-3-4-6-17(14)13-19(2)12-16-9-7-15(11-18)8-10-16/h3-10H,11-13,18H2,1-2H3. The fraction of sp³-hybridized carbons (Fsp3) is 0.294. The van der Waals surface area contributed by atoms with Gasteiger partial charge in [-0.2, -0.15) is 0 Å². The predicted octanol–water partition coefficient (Wildman–Crippen LogP) is 3.09. The monoisotopic (exact) mass is 254 g/mol. The number of nitrogens with two attached hydrogens (primary N) is 1. The topological polar surface area (TPSA) is 29.3 Å². The second kappa shape index (κ2) is 6.50. The zero-order chi connectivity index (χ0) is 13.7. The third-order valence-corrected chi connectivity index (χ3v) is 3.41. The van der Waals surface area contributed by atoms with E-state index in [4.69, 9.17) is 5.73 Å². The first kappa shape index (κ1) is 13.8. The van der Waals surface area contributed by atoms with Crippen molar-refractivity contribution in [2.45, 2.75) is 26.6 Å². The van der Waals surface area contributed by atoms with Crippen LogP contribution >= 0.6 is 0 Å². The van der Waals surface area contributed by atoms with Gasteiger partial charge in [0, 0.05) is 19.6 Å². The summed E-state index contributed by atoms with van der Waals surface area (Å²) in [5.41, 5.74) is 10.9. The van der Waals surface area contributed by atoms with Gasteiger partial charge in [0.05, 0.1) is 0 Å². The third-order valence-electron chi connectivity index (χ3n) is 3.41. The Balaban J connectivity index is 1.97. The smallest absolute Gasteiger partial charge is 0.0236 e. The summed E-state index contributed by atoms with van der Waals surface area (Å²) in [6.07, 6.45) is 0. The van der Waals surface area contributed by atoms with Crippen molar-refractivity contribution in [3.63, 3.8) is 0 Å². The van der Waals surface area contributed by atoms with Gasteiger partial charge in [-0.05, 0) is 36.2 Å². The highest BCUT2D eigenvalue weighted by molar-refractivity contribution is 5.26. The van der Waals surface area contributed by atoms with Crippen molar-refractivity contribution >= 4 is 0 Å². The number of hydrogen-bond acceptors (Lipinski definition) is 2. The molecule has 2 heteroatoms. The molecule has 0 bridgehead atoms. The van der Waals surface area contributed by atoms with Crippen LogP contribution in [0.5, 0.6) is 0 Å². The van der Waals surface area contributed by atoms with E-state index in [1.807, 2.05) is 0 Å². The van der Waals surface area contributed by atoms with E-state index in [2.05, 4.69) is 67.4 Å². The first-order chi connectivity index (χ1) is 9.19. The molecule has 19 heavy (non-hydrogen) atoms. The minimum Gasteiger partial charge on any atom is -0.326 e. The van der Waals surface area contributed by atoms with Crippen LogP contribution in [0.15, 0.2) is 48.5 Å². The van der Waals surface area contributed by atoms with E-state index in [1.165, 1.54) is 22.3 Å². The van der Waals surface area contributed by atoms with Crippen LogP contribution in [-0.2, 0) is 19.6 Å². The molecular formula is C17H22N2. The average molecular weight is 254 g/mol. The van der Waals surface area contributed by atoms with Crippen LogP contribution in [0.1, 0.15) is 22.3 Å². The molecule has 0 saturated heterocycles. The molecule has 0 heterocycles. The zero-order valence-electron chi connectivity index (χ0n) is 11.8. The van der Waals surface area contributed by atoms with Gasteiger partial charge in [0.2, 0.25) is 0 Å². The van der Waals surface area contributed by atoms with Crippen LogP contribution < -0.4 is 5.73 Å². The highest BCUT2D eigenvalue weighted by Gasteiger charge is 2.03. The molecule has 0 aliphatic carbocycles. The van der Waals surface area contributed by atoms with Crippen LogP contribution in [0.2, 0.25) is 0 Å². The molecule has 2 aromatic carbocycles. The maximum absolute atomic E-state index is 5.61. The average Bonchev–Trinajstić information content (AvgIpc) is 2.42. The SMILES string of the molecule is Cc1ccccc1CN(C)Cc1ccc(CN)cc1. The van der Waals surface area contributed by atoms with Crippen molar-refractivity contribution in [3.05, 3.63) is 70.8 Å². The van der Waals surface area contributed by atoms with E-state index < -0.39 is 0 Å². The van der Waals surface area contributed by atoms with Gasteiger partial charge in [0.1, 0.15) is 0 Å². The Hall–Kier alpha value is -1.64. The van der Waals surface area contributed by atoms with E-state index in [9.17, 15) is 0 Å². The minimum absolute atomic E-state index is 0.610. The Bertz CT molecular complexity index is 517. The molecule has 2 rings (SSSR count). The maximum atomic E-state index is 5.61. The Kier molecular flexibility index (Phi) is 4.72. The quantitative estimate of drug-likeness (QED) is 0.888. The molecule has 2 aromatic rings. The molecule has 100 valence electrons. The summed E-state index contributed by atoms with van der Waals surface area (Å²) in [5, 5.41) is 0. The van der Waals surface area contributed by atoms with Crippen LogP contribution in [0, 0.1) is 6.92 Å². The summed E-state index contributed by atoms with van der Waals surface area (Å²) in [5.74, 6) is 0. The fourth-order valence-corrected chi connectivity index (χ4v) is 2.23. The Labute approximate surface area is 115 Å². The first-order valence-electron chi connectivity index (χ1n) is 6.70. The largest absolute Gasteiger partial charge is 0.326 e. The van der Waals surface area contributed by atoms with Gasteiger partial charge < -0.3 is 5.73 Å². The van der Waals surface area contributed by atoms with E-state index in [1.54, 1.807) is 0 Å². The lowest BCUT2D eigenvalue weighted by molar-refractivity contribution is 0.318. The van der Waals surface area contributed by atoms with E-state index in [0.29, 0.717) is 6.54 Å². The second-order valence-electron chi connectivity index (χ2n) is 5.12. The molecule has 0 amide bonds. The second-order valence-corrected chi connectivity index (χ2v) is 5.12. The van der Waals surface area contributed by atoms with Crippen molar-refractivity contribution in [1.82, 2.24) is 4.90 Å². The highest BCUT2D eigenvalue weighted by atomic mass is 15.1. The van der Waals surface area contributed by atoms with Crippen LogP contribution in [-0.4, -0.2) is 11.9 Å².